The van der Waals surface area contributed by atoms with Gasteiger partial charge in [-0.25, -0.2) is 10.5 Å². The number of nitrogens with one attached hydrogen (secondary N) is 2. The van der Waals surface area contributed by atoms with Crippen LogP contribution in [0.2, 0.25) is 0 Å². The topological polar surface area (TPSA) is 122 Å². The predicted octanol–water partition coefficient (Wildman–Crippen LogP) is 2.66. The number of thioether (sulfide) groups is 1. The fraction of sp³-hybridized carbons (Fsp3) is 0.111. The Bertz CT molecular complexity index is 1020. The number of carbonyl (C=O) groups excluding carboxylic acids is 1. The fourth-order valence-corrected chi connectivity index (χ4v) is 3.07. The highest BCUT2D eigenvalue weighted by molar-refractivity contribution is 7.99. The zero-order valence-corrected chi connectivity index (χ0v) is 15.3. The third kappa shape index (κ3) is 4.23. The van der Waals surface area contributed by atoms with Crippen LogP contribution in [0.25, 0.3) is 0 Å². The number of anilines is 1. The minimum Gasteiger partial charge on any atom is -0.508 e. The molecule has 0 aliphatic carbocycles. The molecule has 10 heteroatoms. The molecule has 0 bridgehead atoms. The number of benzene rings is 2. The Morgan fingerprint density at radius 3 is 2.93 bits per heavy atom. The average Bonchev–Trinajstić information content (AvgIpc) is 3.36. The lowest BCUT2D eigenvalue weighted by atomic mass is 10.1. The van der Waals surface area contributed by atoms with Crippen LogP contribution in [0.3, 0.4) is 0 Å². The molecule has 1 aromatic heterocycles. The molecule has 2 heterocycles. The normalized spacial score (nSPS) is 12.4. The van der Waals surface area contributed by atoms with Gasteiger partial charge in [0.1, 0.15) is 5.75 Å². The number of aromatic hydroxyl groups is 1. The van der Waals surface area contributed by atoms with Gasteiger partial charge in [0.15, 0.2) is 17.3 Å². The van der Waals surface area contributed by atoms with Crippen LogP contribution < -0.4 is 14.9 Å². The highest BCUT2D eigenvalue weighted by atomic mass is 32.2. The number of aromatic amines is 1. The molecular formula is C18H15N5O4S. The number of phenolic OH excluding ortho intramolecular Hbond substituents is 1. The number of ketones is 1. The number of phenols is 1. The van der Waals surface area contributed by atoms with Crippen molar-refractivity contribution in [3.8, 4) is 17.2 Å². The summed E-state index contributed by atoms with van der Waals surface area (Å²) in [4.78, 5) is 16.6. The van der Waals surface area contributed by atoms with E-state index in [2.05, 4.69) is 25.7 Å². The maximum atomic E-state index is 12.3. The summed E-state index contributed by atoms with van der Waals surface area (Å²) < 4.78 is 10.5. The van der Waals surface area contributed by atoms with Gasteiger partial charge in [-0.2, -0.15) is 10.1 Å². The van der Waals surface area contributed by atoms with E-state index in [0.717, 1.165) is 5.56 Å². The number of ether oxygens (including phenoxy) is 2. The van der Waals surface area contributed by atoms with E-state index in [1.54, 1.807) is 48.7 Å². The van der Waals surface area contributed by atoms with Gasteiger partial charge in [-0.05, 0) is 48.0 Å². The van der Waals surface area contributed by atoms with Gasteiger partial charge in [-0.1, -0.05) is 11.8 Å². The summed E-state index contributed by atoms with van der Waals surface area (Å²) in [6.45, 7) is 0.171. The van der Waals surface area contributed by atoms with Gasteiger partial charge in [0.2, 0.25) is 17.9 Å². The van der Waals surface area contributed by atoms with E-state index in [9.17, 15) is 9.90 Å². The average molecular weight is 397 g/mol. The summed E-state index contributed by atoms with van der Waals surface area (Å²) in [6.07, 6.45) is 1.58. The first kappa shape index (κ1) is 17.9. The third-order valence-electron chi connectivity index (χ3n) is 3.77. The van der Waals surface area contributed by atoms with Crippen LogP contribution in [0.5, 0.6) is 17.2 Å². The molecule has 0 unspecified atom stereocenters. The number of nitrogens with zero attached hydrogens (tertiary/aromatic N) is 3. The second-order valence-electron chi connectivity index (χ2n) is 5.71. The van der Waals surface area contributed by atoms with Crippen LogP contribution >= 0.6 is 11.8 Å². The Morgan fingerprint density at radius 1 is 1.25 bits per heavy atom. The zero-order valence-electron chi connectivity index (χ0n) is 14.5. The summed E-state index contributed by atoms with van der Waals surface area (Å²) in [7, 11) is 0. The molecule has 3 N–H and O–H groups in total. The van der Waals surface area contributed by atoms with Crippen LogP contribution in [0, 0.1) is 0 Å². The molecule has 0 saturated heterocycles. The van der Waals surface area contributed by atoms with Crippen molar-refractivity contribution < 1.29 is 19.4 Å². The lowest BCUT2D eigenvalue weighted by Gasteiger charge is -2.01. The quantitative estimate of drug-likeness (QED) is 0.241. The van der Waals surface area contributed by atoms with Crippen molar-refractivity contribution in [2.75, 3.05) is 18.0 Å². The van der Waals surface area contributed by atoms with Crippen LogP contribution in [-0.2, 0) is 0 Å². The molecular weight excluding hydrogens is 382 g/mol. The van der Waals surface area contributed by atoms with Crippen molar-refractivity contribution in [1.82, 2.24) is 15.2 Å². The van der Waals surface area contributed by atoms with E-state index in [0.29, 0.717) is 28.2 Å². The molecule has 4 rings (SSSR count). The molecule has 28 heavy (non-hydrogen) atoms. The Morgan fingerprint density at radius 2 is 2.07 bits per heavy atom. The number of fused-ring (bicyclic) bond motifs is 1. The second kappa shape index (κ2) is 8.01. The summed E-state index contributed by atoms with van der Waals surface area (Å²) >= 11 is 1.21. The summed E-state index contributed by atoms with van der Waals surface area (Å²) in [5, 5.41) is 20.5. The van der Waals surface area contributed by atoms with Gasteiger partial charge in [-0.15, -0.1) is 5.10 Å². The minimum atomic E-state index is -0.0621. The summed E-state index contributed by atoms with van der Waals surface area (Å²) in [5.41, 5.74) is 4.08. The standard InChI is InChI=1S/C18H15N5O4S/c24-13-4-1-11(2-5-13)8-19-21-17-20-18(23-22-17)28-9-14(25)12-3-6-15-16(7-12)27-10-26-15/h1-8,24H,9-10H2,(H2,20,21,22,23)/b19-8+. The number of Topliss-reactive ketones (excluding diaryl/α,β-unsaturated/α-hetero) is 1. The molecule has 0 amide bonds. The van der Waals surface area contributed by atoms with E-state index in [-0.39, 0.29) is 24.1 Å². The van der Waals surface area contributed by atoms with Gasteiger partial charge in [0, 0.05) is 5.56 Å². The van der Waals surface area contributed by atoms with E-state index >= 15 is 0 Å². The Kier molecular flexibility index (Phi) is 5.11. The van der Waals surface area contributed by atoms with Gasteiger partial charge < -0.3 is 14.6 Å². The molecule has 0 radical (unpaired) electrons. The number of aromatic nitrogens is 3. The van der Waals surface area contributed by atoms with E-state index < -0.39 is 0 Å². The number of hydrazone groups is 1. The monoisotopic (exact) mass is 397 g/mol. The molecule has 0 saturated carbocycles. The molecule has 2 aromatic carbocycles. The van der Waals surface area contributed by atoms with Crippen molar-refractivity contribution in [2.45, 2.75) is 5.16 Å². The molecule has 1 aliphatic rings. The second-order valence-corrected chi connectivity index (χ2v) is 6.65. The van der Waals surface area contributed by atoms with Gasteiger partial charge in [-0.3, -0.25) is 4.79 Å². The molecule has 1 aliphatic heterocycles. The lowest BCUT2D eigenvalue weighted by Crippen LogP contribution is -2.02. The Labute approximate surface area is 163 Å². The predicted molar refractivity (Wildman–Crippen MR) is 103 cm³/mol. The maximum Gasteiger partial charge on any atom is 0.240 e. The largest absolute Gasteiger partial charge is 0.508 e. The van der Waals surface area contributed by atoms with Gasteiger partial charge in [0.05, 0.1) is 12.0 Å². The number of carbonyl (C=O) groups is 1. The van der Waals surface area contributed by atoms with Crippen molar-refractivity contribution in [3.63, 3.8) is 0 Å². The number of hydrogen-bond donors (Lipinski definition) is 3. The van der Waals surface area contributed by atoms with Crippen LogP contribution in [-0.4, -0.2) is 44.8 Å². The minimum absolute atomic E-state index is 0.0621. The first-order chi connectivity index (χ1) is 13.7. The molecule has 9 nitrogen and oxygen atoms in total. The highest BCUT2D eigenvalue weighted by Gasteiger charge is 2.17. The van der Waals surface area contributed by atoms with E-state index in [4.69, 9.17) is 9.47 Å². The Hall–Kier alpha value is -3.53. The Balaban J connectivity index is 1.29. The molecule has 0 fully saturated rings. The number of hydrogen-bond acceptors (Lipinski definition) is 9. The van der Waals surface area contributed by atoms with Crippen molar-refractivity contribution in [2.24, 2.45) is 5.10 Å². The third-order valence-corrected chi connectivity index (χ3v) is 4.62. The van der Waals surface area contributed by atoms with E-state index in [1.165, 1.54) is 11.8 Å². The van der Waals surface area contributed by atoms with E-state index in [1.807, 2.05) is 0 Å². The van der Waals surface area contributed by atoms with Gasteiger partial charge in [0.25, 0.3) is 0 Å². The number of H-pyrrole nitrogens is 1. The number of rotatable bonds is 7. The summed E-state index contributed by atoms with van der Waals surface area (Å²) in [6, 6.07) is 11.7. The fourth-order valence-electron chi connectivity index (χ4n) is 2.37. The molecule has 0 atom stereocenters. The molecule has 3 aromatic rings. The van der Waals surface area contributed by atoms with Crippen LogP contribution in [0.1, 0.15) is 15.9 Å². The molecule has 142 valence electrons. The lowest BCUT2D eigenvalue weighted by molar-refractivity contribution is 0.102. The first-order valence-corrected chi connectivity index (χ1v) is 9.22. The van der Waals surface area contributed by atoms with Crippen LogP contribution in [0.4, 0.5) is 5.95 Å². The smallest absolute Gasteiger partial charge is 0.240 e. The SMILES string of the molecule is O=C(CSc1n[nH]c(N/N=C/c2ccc(O)cc2)n1)c1ccc2c(c1)OCO2. The maximum absolute atomic E-state index is 12.3. The van der Waals surface area contributed by atoms with Gasteiger partial charge >= 0.3 is 0 Å². The first-order valence-electron chi connectivity index (χ1n) is 8.23. The van der Waals surface area contributed by atoms with Crippen molar-refractivity contribution in [3.05, 3.63) is 53.6 Å². The summed E-state index contributed by atoms with van der Waals surface area (Å²) in [5.74, 6) is 1.89. The van der Waals surface area contributed by atoms with Crippen LogP contribution in [0.15, 0.2) is 52.7 Å². The van der Waals surface area contributed by atoms with Crippen molar-refractivity contribution >= 4 is 29.7 Å². The molecule has 0 spiro atoms. The highest BCUT2D eigenvalue weighted by Crippen LogP contribution is 2.33. The van der Waals surface area contributed by atoms with Crippen molar-refractivity contribution in [1.29, 1.82) is 0 Å². The zero-order chi connectivity index (χ0) is 19.3.